The highest BCUT2D eigenvalue weighted by Crippen LogP contribution is 2.26. The number of carbonyl (C=O) groups is 2. The van der Waals surface area contributed by atoms with E-state index in [1.54, 1.807) is 26.8 Å². The monoisotopic (exact) mass is 230 g/mol. The number of Topliss-reactive ketones (excluding diaryl/α,β-unsaturated/α-hetero) is 2. The molecule has 0 N–H and O–H groups in total. The summed E-state index contributed by atoms with van der Waals surface area (Å²) in [5.41, 5.74) is 2.36. The summed E-state index contributed by atoms with van der Waals surface area (Å²) in [5.74, 6) is -0.00271. The third-order valence-corrected chi connectivity index (χ3v) is 3.10. The van der Waals surface area contributed by atoms with Crippen LogP contribution in [-0.4, -0.2) is 11.6 Å². The van der Waals surface area contributed by atoms with E-state index in [2.05, 4.69) is 6.58 Å². The van der Waals surface area contributed by atoms with Crippen LogP contribution in [0, 0.1) is 0 Å². The average molecular weight is 230 g/mol. The topological polar surface area (TPSA) is 34.1 Å². The molecule has 2 nitrogen and oxygen atoms in total. The Morgan fingerprint density at radius 3 is 2.12 bits per heavy atom. The minimum atomic E-state index is -0.00535. The lowest BCUT2D eigenvalue weighted by Crippen LogP contribution is -2.20. The smallest absolute Gasteiger partial charge is 0.185 e. The zero-order valence-corrected chi connectivity index (χ0v) is 10.7. The van der Waals surface area contributed by atoms with Crippen molar-refractivity contribution < 1.29 is 9.59 Å². The lowest BCUT2D eigenvalue weighted by Gasteiger charge is -2.17. The van der Waals surface area contributed by atoms with E-state index in [1.807, 2.05) is 12.2 Å². The second-order valence-corrected chi connectivity index (χ2v) is 4.21. The highest BCUT2D eigenvalue weighted by Gasteiger charge is 2.26. The molecule has 90 valence electrons. The SMILES string of the molecule is C=CC/C=C/CC1=C(C)C(=O)C(C)=C(C)C1=O. The molecule has 1 rings (SSSR count). The summed E-state index contributed by atoms with van der Waals surface area (Å²) in [6.07, 6.45) is 6.96. The molecule has 1 aliphatic carbocycles. The van der Waals surface area contributed by atoms with E-state index >= 15 is 0 Å². The molecule has 0 aliphatic heterocycles. The number of rotatable bonds is 4. The van der Waals surface area contributed by atoms with E-state index in [-0.39, 0.29) is 11.6 Å². The number of hydrogen-bond donors (Lipinski definition) is 0. The first-order valence-corrected chi connectivity index (χ1v) is 5.73. The molecule has 0 spiro atoms. The number of hydrogen-bond acceptors (Lipinski definition) is 2. The Morgan fingerprint density at radius 2 is 1.53 bits per heavy atom. The minimum absolute atomic E-state index is 0.00264. The molecular formula is C15H18O2. The molecule has 0 aromatic carbocycles. The molecule has 0 amide bonds. The largest absolute Gasteiger partial charge is 0.289 e. The second kappa shape index (κ2) is 5.58. The van der Waals surface area contributed by atoms with Crippen LogP contribution in [0.1, 0.15) is 33.6 Å². The highest BCUT2D eigenvalue weighted by atomic mass is 16.1. The Bertz CT molecular complexity index is 459. The standard InChI is InChI=1S/C15H18O2/c1-5-6-7-8-9-13-12(4)14(16)10(2)11(3)15(13)17/h5,7-8H,1,6,9H2,2-4H3/b8-7+. The van der Waals surface area contributed by atoms with E-state index in [0.29, 0.717) is 28.7 Å². The van der Waals surface area contributed by atoms with E-state index in [4.69, 9.17) is 0 Å². The van der Waals surface area contributed by atoms with Gasteiger partial charge in [-0.2, -0.15) is 0 Å². The quantitative estimate of drug-likeness (QED) is 0.548. The lowest BCUT2D eigenvalue weighted by molar-refractivity contribution is -0.116. The van der Waals surface area contributed by atoms with Crippen molar-refractivity contribution in [2.75, 3.05) is 0 Å². The molecule has 0 bridgehead atoms. The molecule has 0 fully saturated rings. The summed E-state index contributed by atoms with van der Waals surface area (Å²) in [4.78, 5) is 23.9. The van der Waals surface area contributed by atoms with Gasteiger partial charge in [0.15, 0.2) is 11.6 Å². The molecule has 0 aromatic rings. The first-order chi connectivity index (χ1) is 8.00. The maximum Gasteiger partial charge on any atom is 0.185 e. The van der Waals surface area contributed by atoms with Crippen molar-refractivity contribution >= 4 is 11.6 Å². The Labute approximate surface area is 102 Å². The summed E-state index contributed by atoms with van der Waals surface area (Å²) < 4.78 is 0. The Hall–Kier alpha value is -1.70. The van der Waals surface area contributed by atoms with Gasteiger partial charge in [-0.3, -0.25) is 9.59 Å². The predicted octanol–water partition coefficient (Wildman–Crippen LogP) is 3.31. The Morgan fingerprint density at radius 1 is 0.941 bits per heavy atom. The number of carbonyl (C=O) groups excluding carboxylic acids is 2. The van der Waals surface area contributed by atoms with Gasteiger partial charge in [-0.05, 0) is 33.6 Å². The Kier molecular flexibility index (Phi) is 4.38. The van der Waals surface area contributed by atoms with Crippen LogP contribution in [-0.2, 0) is 9.59 Å². The molecule has 0 unspecified atom stereocenters. The van der Waals surface area contributed by atoms with Gasteiger partial charge in [0.25, 0.3) is 0 Å². The molecule has 0 heterocycles. The normalized spacial score (nSPS) is 17.4. The van der Waals surface area contributed by atoms with Gasteiger partial charge in [0, 0.05) is 22.3 Å². The van der Waals surface area contributed by atoms with Gasteiger partial charge in [-0.15, -0.1) is 6.58 Å². The maximum absolute atomic E-state index is 12.0. The van der Waals surface area contributed by atoms with Crippen molar-refractivity contribution in [3.8, 4) is 0 Å². The van der Waals surface area contributed by atoms with Crippen molar-refractivity contribution in [1.29, 1.82) is 0 Å². The zero-order chi connectivity index (χ0) is 13.0. The molecule has 0 saturated heterocycles. The van der Waals surface area contributed by atoms with Gasteiger partial charge >= 0.3 is 0 Å². The van der Waals surface area contributed by atoms with Crippen LogP contribution in [0.25, 0.3) is 0 Å². The van der Waals surface area contributed by atoms with Crippen LogP contribution >= 0.6 is 0 Å². The van der Waals surface area contributed by atoms with Crippen LogP contribution in [0.5, 0.6) is 0 Å². The number of allylic oxidation sites excluding steroid dienone is 7. The molecule has 2 heteroatoms. The molecule has 0 aromatic heterocycles. The summed E-state index contributed by atoms with van der Waals surface area (Å²) in [7, 11) is 0. The fourth-order valence-corrected chi connectivity index (χ4v) is 1.79. The van der Waals surface area contributed by atoms with E-state index in [1.165, 1.54) is 0 Å². The van der Waals surface area contributed by atoms with Gasteiger partial charge in [0.1, 0.15) is 0 Å². The van der Waals surface area contributed by atoms with Crippen molar-refractivity contribution in [2.24, 2.45) is 0 Å². The van der Waals surface area contributed by atoms with Gasteiger partial charge in [-0.1, -0.05) is 18.2 Å². The first kappa shape index (κ1) is 13.4. The molecule has 17 heavy (non-hydrogen) atoms. The molecule has 1 aliphatic rings. The van der Waals surface area contributed by atoms with Crippen molar-refractivity contribution in [2.45, 2.75) is 33.6 Å². The zero-order valence-electron chi connectivity index (χ0n) is 10.7. The van der Waals surface area contributed by atoms with E-state index in [9.17, 15) is 9.59 Å². The average Bonchev–Trinajstić information content (AvgIpc) is 2.33. The fourth-order valence-electron chi connectivity index (χ4n) is 1.79. The summed E-state index contributed by atoms with van der Waals surface area (Å²) >= 11 is 0. The minimum Gasteiger partial charge on any atom is -0.289 e. The maximum atomic E-state index is 12.0. The summed E-state index contributed by atoms with van der Waals surface area (Å²) in [6.45, 7) is 8.78. The predicted molar refractivity (Wildman–Crippen MR) is 69.7 cm³/mol. The van der Waals surface area contributed by atoms with Gasteiger partial charge in [0.05, 0.1) is 0 Å². The fraction of sp³-hybridized carbons (Fsp3) is 0.333. The van der Waals surface area contributed by atoms with Crippen molar-refractivity contribution in [3.05, 3.63) is 47.1 Å². The van der Waals surface area contributed by atoms with Crippen LogP contribution in [0.4, 0.5) is 0 Å². The summed E-state index contributed by atoms with van der Waals surface area (Å²) in [6, 6.07) is 0. The van der Waals surface area contributed by atoms with Crippen molar-refractivity contribution in [3.63, 3.8) is 0 Å². The lowest BCUT2D eigenvalue weighted by atomic mass is 9.84. The molecule has 0 atom stereocenters. The van der Waals surface area contributed by atoms with Crippen LogP contribution < -0.4 is 0 Å². The second-order valence-electron chi connectivity index (χ2n) is 4.21. The van der Waals surface area contributed by atoms with Gasteiger partial charge in [-0.25, -0.2) is 0 Å². The highest BCUT2D eigenvalue weighted by molar-refractivity contribution is 6.24. The number of ketones is 2. The van der Waals surface area contributed by atoms with Gasteiger partial charge < -0.3 is 0 Å². The van der Waals surface area contributed by atoms with Crippen molar-refractivity contribution in [1.82, 2.24) is 0 Å². The van der Waals surface area contributed by atoms with E-state index in [0.717, 1.165) is 6.42 Å². The third-order valence-electron chi connectivity index (χ3n) is 3.10. The van der Waals surface area contributed by atoms with Crippen LogP contribution in [0.2, 0.25) is 0 Å². The van der Waals surface area contributed by atoms with Gasteiger partial charge in [0.2, 0.25) is 0 Å². The van der Waals surface area contributed by atoms with E-state index < -0.39 is 0 Å². The first-order valence-electron chi connectivity index (χ1n) is 5.73. The molecule has 0 radical (unpaired) electrons. The molecule has 0 saturated carbocycles. The van der Waals surface area contributed by atoms with Crippen LogP contribution in [0.3, 0.4) is 0 Å². The Balaban J connectivity index is 2.95. The summed E-state index contributed by atoms with van der Waals surface area (Å²) in [5, 5.41) is 0. The van der Waals surface area contributed by atoms with Crippen LogP contribution in [0.15, 0.2) is 47.1 Å². The molecular weight excluding hydrogens is 212 g/mol. The third kappa shape index (κ3) is 2.70.